The lowest BCUT2D eigenvalue weighted by Crippen LogP contribution is -2.06. The summed E-state index contributed by atoms with van der Waals surface area (Å²) >= 11 is 0. The van der Waals surface area contributed by atoms with Gasteiger partial charge in [-0.2, -0.15) is 15.2 Å². The van der Waals surface area contributed by atoms with Crippen LogP contribution in [0.15, 0.2) is 140 Å². The van der Waals surface area contributed by atoms with Crippen LogP contribution in [0.2, 0.25) is 0 Å². The molecular formula is C41H26N6O. The Morgan fingerprint density at radius 2 is 1.15 bits per heavy atom. The van der Waals surface area contributed by atoms with Gasteiger partial charge in [-0.3, -0.25) is 4.57 Å². The van der Waals surface area contributed by atoms with Gasteiger partial charge in [-0.25, -0.2) is 4.98 Å². The van der Waals surface area contributed by atoms with E-state index in [0.717, 1.165) is 66.2 Å². The highest BCUT2D eigenvalue weighted by Crippen LogP contribution is 2.41. The number of nitriles is 1. The Labute approximate surface area is 275 Å². The Morgan fingerprint density at radius 1 is 0.542 bits per heavy atom. The van der Waals surface area contributed by atoms with E-state index < -0.39 is 0 Å². The van der Waals surface area contributed by atoms with Gasteiger partial charge in [0.25, 0.3) is 0 Å². The van der Waals surface area contributed by atoms with Crippen molar-refractivity contribution in [3.05, 3.63) is 145 Å². The predicted molar refractivity (Wildman–Crippen MR) is 191 cm³/mol. The van der Waals surface area contributed by atoms with Crippen molar-refractivity contribution in [1.82, 2.24) is 24.1 Å². The van der Waals surface area contributed by atoms with E-state index in [2.05, 4.69) is 100 Å². The van der Waals surface area contributed by atoms with E-state index in [1.807, 2.05) is 42.5 Å². The van der Waals surface area contributed by atoms with Crippen LogP contribution in [0.4, 0.5) is 0 Å². The molecule has 0 spiro atoms. The largest absolute Gasteiger partial charge is 0.497 e. The summed E-state index contributed by atoms with van der Waals surface area (Å²) in [6.07, 6.45) is 0. The van der Waals surface area contributed by atoms with Gasteiger partial charge in [0.1, 0.15) is 5.75 Å². The molecule has 0 unspecified atom stereocenters. The van der Waals surface area contributed by atoms with Crippen LogP contribution in [0.25, 0.3) is 78.0 Å². The van der Waals surface area contributed by atoms with Crippen LogP contribution in [-0.4, -0.2) is 31.2 Å². The van der Waals surface area contributed by atoms with Crippen molar-refractivity contribution in [3.8, 4) is 46.2 Å². The maximum absolute atomic E-state index is 9.43. The van der Waals surface area contributed by atoms with Gasteiger partial charge in [0.15, 0.2) is 11.6 Å². The molecule has 0 fully saturated rings. The third-order valence-electron chi connectivity index (χ3n) is 8.93. The predicted octanol–water partition coefficient (Wildman–Crippen LogP) is 9.28. The number of aromatic nitrogens is 5. The van der Waals surface area contributed by atoms with Crippen LogP contribution < -0.4 is 4.74 Å². The van der Waals surface area contributed by atoms with Gasteiger partial charge in [-0.1, -0.05) is 60.7 Å². The lowest BCUT2D eigenvalue weighted by Gasteiger charge is -2.12. The molecule has 0 atom stereocenters. The molecule has 9 rings (SSSR count). The Morgan fingerprint density at radius 3 is 1.81 bits per heavy atom. The number of ether oxygens (including phenoxy) is 1. The van der Waals surface area contributed by atoms with Crippen LogP contribution in [0, 0.1) is 11.3 Å². The van der Waals surface area contributed by atoms with Crippen LogP contribution in [-0.2, 0) is 0 Å². The van der Waals surface area contributed by atoms with Crippen molar-refractivity contribution in [2.45, 2.75) is 0 Å². The first-order valence-corrected chi connectivity index (χ1v) is 15.6. The third-order valence-corrected chi connectivity index (χ3v) is 8.93. The van der Waals surface area contributed by atoms with Crippen molar-refractivity contribution < 1.29 is 4.74 Å². The Kier molecular flexibility index (Phi) is 6.27. The third kappa shape index (κ3) is 4.24. The van der Waals surface area contributed by atoms with E-state index in [0.29, 0.717) is 23.2 Å². The first kappa shape index (κ1) is 27.5. The van der Waals surface area contributed by atoms with Gasteiger partial charge >= 0.3 is 0 Å². The van der Waals surface area contributed by atoms with Gasteiger partial charge in [-0.15, -0.1) is 0 Å². The average Bonchev–Trinajstić information content (AvgIpc) is 3.68. The molecule has 226 valence electrons. The summed E-state index contributed by atoms with van der Waals surface area (Å²) in [6.45, 7) is 0. The van der Waals surface area contributed by atoms with Crippen molar-refractivity contribution >= 4 is 43.6 Å². The minimum absolute atomic E-state index is 0.505. The maximum atomic E-state index is 9.43. The van der Waals surface area contributed by atoms with Crippen molar-refractivity contribution in [1.29, 1.82) is 5.26 Å². The summed E-state index contributed by atoms with van der Waals surface area (Å²) in [4.78, 5) is 15.2. The Bertz CT molecular complexity index is 2700. The first-order valence-electron chi connectivity index (χ1n) is 15.6. The number of fused-ring (bicyclic) bond motifs is 7. The van der Waals surface area contributed by atoms with E-state index in [9.17, 15) is 5.26 Å². The second-order valence-electron chi connectivity index (χ2n) is 11.6. The van der Waals surface area contributed by atoms with E-state index in [4.69, 9.17) is 19.7 Å². The number of nitrogens with zero attached hydrogens (tertiary/aromatic N) is 6. The summed E-state index contributed by atoms with van der Waals surface area (Å²) in [5.74, 6) is 2.30. The molecule has 3 heterocycles. The summed E-state index contributed by atoms with van der Waals surface area (Å²) in [5, 5.41) is 13.9. The number of methoxy groups -OCH3 is 1. The van der Waals surface area contributed by atoms with Gasteiger partial charge in [0.2, 0.25) is 5.95 Å². The molecule has 0 bridgehead atoms. The SMILES string of the molecule is COc1ccc(-c2nc(-c3ccc(C#N)cc3)nc(-n3c4ccccc4c4ccc5c(c6ccccc6n5-c5ccccc5)c43)n2)cc1. The van der Waals surface area contributed by atoms with E-state index in [1.54, 1.807) is 19.2 Å². The molecule has 7 heteroatoms. The van der Waals surface area contributed by atoms with Gasteiger partial charge < -0.3 is 9.30 Å². The number of para-hydroxylation sites is 3. The molecule has 3 aromatic heterocycles. The molecule has 7 nitrogen and oxygen atoms in total. The van der Waals surface area contributed by atoms with Crippen LogP contribution >= 0.6 is 0 Å². The second-order valence-corrected chi connectivity index (χ2v) is 11.6. The highest BCUT2D eigenvalue weighted by molar-refractivity contribution is 6.26. The standard InChI is InChI=1S/C41H26N6O/c1-48-30-21-19-28(20-22-30)40-43-39(27-17-15-26(25-42)16-18-27)44-41(45-40)47-34-13-7-5-11-31(34)32-23-24-36-37(38(32)47)33-12-6-8-14-35(33)46(36)29-9-3-2-4-10-29/h2-24H,1H3. The minimum Gasteiger partial charge on any atom is -0.497 e. The Hall–Kier alpha value is -6.78. The Balaban J connectivity index is 1.41. The van der Waals surface area contributed by atoms with Crippen molar-refractivity contribution in [2.75, 3.05) is 7.11 Å². The lowest BCUT2D eigenvalue weighted by molar-refractivity contribution is 0.415. The molecule has 0 saturated carbocycles. The molecule has 48 heavy (non-hydrogen) atoms. The zero-order valence-electron chi connectivity index (χ0n) is 25.9. The lowest BCUT2D eigenvalue weighted by atomic mass is 10.1. The van der Waals surface area contributed by atoms with E-state index in [1.165, 1.54) is 0 Å². The molecule has 9 aromatic rings. The van der Waals surface area contributed by atoms with Crippen LogP contribution in [0.1, 0.15) is 5.56 Å². The number of rotatable bonds is 5. The number of hydrogen-bond donors (Lipinski definition) is 0. The van der Waals surface area contributed by atoms with Crippen LogP contribution in [0.5, 0.6) is 5.75 Å². The number of hydrogen-bond acceptors (Lipinski definition) is 5. The maximum Gasteiger partial charge on any atom is 0.238 e. The summed E-state index contributed by atoms with van der Waals surface area (Å²) in [7, 11) is 1.65. The quantitative estimate of drug-likeness (QED) is 0.192. The second kappa shape index (κ2) is 10.9. The molecule has 0 N–H and O–H groups in total. The fraction of sp³-hybridized carbons (Fsp3) is 0.0244. The topological polar surface area (TPSA) is 81.5 Å². The minimum atomic E-state index is 0.505. The molecule has 0 amide bonds. The zero-order valence-corrected chi connectivity index (χ0v) is 25.9. The smallest absolute Gasteiger partial charge is 0.238 e. The molecule has 6 aromatic carbocycles. The van der Waals surface area contributed by atoms with E-state index >= 15 is 0 Å². The normalized spacial score (nSPS) is 11.4. The highest BCUT2D eigenvalue weighted by Gasteiger charge is 2.23. The molecular weight excluding hydrogens is 592 g/mol. The zero-order chi connectivity index (χ0) is 32.2. The summed E-state index contributed by atoms with van der Waals surface area (Å²) in [5.41, 5.74) is 7.52. The fourth-order valence-electron chi connectivity index (χ4n) is 6.73. The molecule has 0 aliphatic rings. The highest BCUT2D eigenvalue weighted by atomic mass is 16.5. The molecule has 0 radical (unpaired) electrons. The van der Waals surface area contributed by atoms with Gasteiger partial charge in [-0.05, 0) is 78.9 Å². The van der Waals surface area contributed by atoms with Crippen molar-refractivity contribution in [2.24, 2.45) is 0 Å². The van der Waals surface area contributed by atoms with E-state index in [-0.39, 0.29) is 0 Å². The monoisotopic (exact) mass is 618 g/mol. The van der Waals surface area contributed by atoms with Gasteiger partial charge in [0.05, 0.1) is 40.8 Å². The van der Waals surface area contributed by atoms with Gasteiger partial charge in [0, 0.05) is 38.4 Å². The summed E-state index contributed by atoms with van der Waals surface area (Å²) in [6, 6.07) is 49.1. The molecule has 0 saturated heterocycles. The molecule has 0 aliphatic carbocycles. The summed E-state index contributed by atoms with van der Waals surface area (Å²) < 4.78 is 9.92. The fourth-order valence-corrected chi connectivity index (χ4v) is 6.73. The average molecular weight is 619 g/mol. The van der Waals surface area contributed by atoms with Crippen molar-refractivity contribution in [3.63, 3.8) is 0 Å². The first-order chi connectivity index (χ1) is 23.7. The van der Waals surface area contributed by atoms with Crippen LogP contribution in [0.3, 0.4) is 0 Å². The number of benzene rings is 6. The molecule has 0 aliphatic heterocycles.